The van der Waals surface area contributed by atoms with E-state index in [1.165, 1.54) is 0 Å². The molecule has 0 aliphatic rings. The molecule has 0 aromatic heterocycles. The molecular formula is C12H8Cl2O. The van der Waals surface area contributed by atoms with E-state index in [0.29, 0.717) is 10.0 Å². The van der Waals surface area contributed by atoms with Gasteiger partial charge in [0.15, 0.2) is 0 Å². The van der Waals surface area contributed by atoms with Crippen molar-refractivity contribution in [2.45, 2.75) is 0 Å². The smallest absolute Gasteiger partial charge is 0.134 e. The fourth-order valence-electron chi connectivity index (χ4n) is 1.40. The molecule has 0 saturated heterocycles. The van der Waals surface area contributed by atoms with Gasteiger partial charge in [-0.15, -0.1) is 0 Å². The highest BCUT2D eigenvalue weighted by Gasteiger charge is 2.06. The predicted octanol–water partition coefficient (Wildman–Crippen LogP) is 4.37. The summed E-state index contributed by atoms with van der Waals surface area (Å²) < 4.78 is 0. The van der Waals surface area contributed by atoms with Crippen molar-refractivity contribution in [3.05, 3.63) is 52.5 Å². The molecule has 3 heteroatoms. The summed E-state index contributed by atoms with van der Waals surface area (Å²) >= 11 is 11.9. The minimum Gasteiger partial charge on any atom is -0.506 e. The van der Waals surface area contributed by atoms with Crippen molar-refractivity contribution in [3.8, 4) is 16.9 Å². The van der Waals surface area contributed by atoms with E-state index in [0.717, 1.165) is 11.1 Å². The molecular weight excluding hydrogens is 231 g/mol. The van der Waals surface area contributed by atoms with Gasteiger partial charge in [0.05, 0.1) is 5.02 Å². The summed E-state index contributed by atoms with van der Waals surface area (Å²) in [4.78, 5) is 0. The van der Waals surface area contributed by atoms with Crippen molar-refractivity contribution in [1.29, 1.82) is 0 Å². The lowest BCUT2D eigenvalue weighted by Gasteiger charge is -2.06. The topological polar surface area (TPSA) is 20.2 Å². The van der Waals surface area contributed by atoms with Gasteiger partial charge >= 0.3 is 0 Å². The Labute approximate surface area is 97.9 Å². The molecule has 0 aliphatic heterocycles. The number of halogens is 2. The lowest BCUT2D eigenvalue weighted by Crippen LogP contribution is -1.79. The SMILES string of the molecule is Oc1cccc(-c2cccc(Cl)c2)c1Cl. The molecule has 0 unspecified atom stereocenters. The van der Waals surface area contributed by atoms with Crippen LogP contribution in [0.5, 0.6) is 5.75 Å². The standard InChI is InChI=1S/C12H8Cl2O/c13-9-4-1-3-8(7-9)10-5-2-6-11(15)12(10)14/h1-7,15H. The Morgan fingerprint density at radius 2 is 1.67 bits per heavy atom. The highest BCUT2D eigenvalue weighted by Crippen LogP contribution is 2.34. The number of rotatable bonds is 1. The van der Waals surface area contributed by atoms with Gasteiger partial charge in [-0.05, 0) is 23.8 Å². The fraction of sp³-hybridized carbons (Fsp3) is 0. The van der Waals surface area contributed by atoms with Crippen molar-refractivity contribution in [2.75, 3.05) is 0 Å². The van der Waals surface area contributed by atoms with Crippen LogP contribution in [0, 0.1) is 0 Å². The minimum atomic E-state index is 0.0779. The number of hydrogen-bond donors (Lipinski definition) is 1. The van der Waals surface area contributed by atoms with Crippen LogP contribution < -0.4 is 0 Å². The lowest BCUT2D eigenvalue weighted by atomic mass is 10.1. The molecule has 76 valence electrons. The predicted molar refractivity (Wildman–Crippen MR) is 63.6 cm³/mol. The molecule has 0 amide bonds. The zero-order chi connectivity index (χ0) is 10.8. The minimum absolute atomic E-state index is 0.0779. The summed E-state index contributed by atoms with van der Waals surface area (Å²) in [5.41, 5.74) is 1.67. The fourth-order valence-corrected chi connectivity index (χ4v) is 1.82. The Kier molecular flexibility index (Phi) is 2.85. The largest absolute Gasteiger partial charge is 0.506 e. The van der Waals surface area contributed by atoms with Gasteiger partial charge in [0.1, 0.15) is 5.75 Å². The van der Waals surface area contributed by atoms with Crippen LogP contribution in [-0.4, -0.2) is 5.11 Å². The van der Waals surface area contributed by atoms with Crippen molar-refractivity contribution in [1.82, 2.24) is 0 Å². The van der Waals surface area contributed by atoms with E-state index in [4.69, 9.17) is 23.2 Å². The maximum Gasteiger partial charge on any atom is 0.134 e. The maximum atomic E-state index is 9.47. The summed E-state index contributed by atoms with van der Waals surface area (Å²) in [7, 11) is 0. The second kappa shape index (κ2) is 4.13. The number of phenolic OH excluding ortho intramolecular Hbond substituents is 1. The first-order valence-corrected chi connectivity index (χ1v) is 5.17. The highest BCUT2D eigenvalue weighted by molar-refractivity contribution is 6.35. The molecule has 0 radical (unpaired) electrons. The Balaban J connectivity index is 2.59. The summed E-state index contributed by atoms with van der Waals surface area (Å²) in [6.07, 6.45) is 0. The maximum absolute atomic E-state index is 9.47. The zero-order valence-electron chi connectivity index (χ0n) is 7.74. The molecule has 0 saturated carbocycles. The molecule has 0 fully saturated rings. The first kappa shape index (κ1) is 10.3. The van der Waals surface area contributed by atoms with Crippen LogP contribution >= 0.6 is 23.2 Å². The average Bonchev–Trinajstić information content (AvgIpc) is 2.22. The van der Waals surface area contributed by atoms with Crippen molar-refractivity contribution in [3.63, 3.8) is 0 Å². The van der Waals surface area contributed by atoms with Crippen molar-refractivity contribution in [2.24, 2.45) is 0 Å². The van der Waals surface area contributed by atoms with E-state index in [2.05, 4.69) is 0 Å². The molecule has 2 aromatic rings. The van der Waals surface area contributed by atoms with Gasteiger partial charge in [-0.1, -0.05) is 47.5 Å². The first-order chi connectivity index (χ1) is 7.18. The summed E-state index contributed by atoms with van der Waals surface area (Å²) in [6.45, 7) is 0. The number of hydrogen-bond acceptors (Lipinski definition) is 1. The molecule has 0 spiro atoms. The van der Waals surface area contributed by atoms with Crippen molar-refractivity contribution < 1.29 is 5.11 Å². The number of aromatic hydroxyl groups is 1. The second-order valence-electron chi connectivity index (χ2n) is 3.15. The van der Waals surface area contributed by atoms with E-state index in [9.17, 15) is 5.11 Å². The Bertz CT molecular complexity index is 495. The van der Waals surface area contributed by atoms with Crippen LogP contribution in [-0.2, 0) is 0 Å². The van der Waals surface area contributed by atoms with Gasteiger partial charge in [-0.25, -0.2) is 0 Å². The van der Waals surface area contributed by atoms with Crippen LogP contribution in [0.3, 0.4) is 0 Å². The molecule has 1 N–H and O–H groups in total. The van der Waals surface area contributed by atoms with E-state index < -0.39 is 0 Å². The molecule has 2 rings (SSSR count). The summed E-state index contributed by atoms with van der Waals surface area (Å²) in [5.74, 6) is 0.0779. The normalized spacial score (nSPS) is 10.3. The third kappa shape index (κ3) is 2.09. The van der Waals surface area contributed by atoms with Crippen LogP contribution in [0.25, 0.3) is 11.1 Å². The van der Waals surface area contributed by atoms with Gasteiger partial charge < -0.3 is 5.11 Å². The number of phenols is 1. The van der Waals surface area contributed by atoms with Crippen LogP contribution in [0.1, 0.15) is 0 Å². The lowest BCUT2D eigenvalue weighted by molar-refractivity contribution is 0.476. The first-order valence-electron chi connectivity index (χ1n) is 4.42. The van der Waals surface area contributed by atoms with E-state index >= 15 is 0 Å². The van der Waals surface area contributed by atoms with Gasteiger partial charge in [0.2, 0.25) is 0 Å². The average molecular weight is 239 g/mol. The Morgan fingerprint density at radius 3 is 2.40 bits per heavy atom. The van der Waals surface area contributed by atoms with Gasteiger partial charge in [-0.3, -0.25) is 0 Å². The molecule has 1 nitrogen and oxygen atoms in total. The summed E-state index contributed by atoms with van der Waals surface area (Å²) in [6, 6.07) is 12.5. The highest BCUT2D eigenvalue weighted by atomic mass is 35.5. The molecule has 0 atom stereocenters. The van der Waals surface area contributed by atoms with E-state index in [1.54, 1.807) is 18.2 Å². The zero-order valence-corrected chi connectivity index (χ0v) is 9.26. The van der Waals surface area contributed by atoms with Crippen LogP contribution in [0.4, 0.5) is 0 Å². The monoisotopic (exact) mass is 238 g/mol. The van der Waals surface area contributed by atoms with Crippen LogP contribution in [0.2, 0.25) is 10.0 Å². The Morgan fingerprint density at radius 1 is 0.933 bits per heavy atom. The third-order valence-electron chi connectivity index (χ3n) is 2.11. The Hall–Kier alpha value is -1.18. The summed E-state index contributed by atoms with van der Waals surface area (Å²) in [5, 5.41) is 10.5. The van der Waals surface area contributed by atoms with Gasteiger partial charge in [-0.2, -0.15) is 0 Å². The molecule has 0 bridgehead atoms. The molecule has 2 aromatic carbocycles. The van der Waals surface area contributed by atoms with Crippen molar-refractivity contribution >= 4 is 23.2 Å². The molecule has 0 heterocycles. The number of benzene rings is 2. The van der Waals surface area contributed by atoms with Gasteiger partial charge in [0.25, 0.3) is 0 Å². The van der Waals surface area contributed by atoms with Crippen LogP contribution in [0.15, 0.2) is 42.5 Å². The van der Waals surface area contributed by atoms with Gasteiger partial charge in [0, 0.05) is 10.6 Å². The van der Waals surface area contributed by atoms with E-state index in [-0.39, 0.29) is 5.75 Å². The second-order valence-corrected chi connectivity index (χ2v) is 3.96. The molecule has 15 heavy (non-hydrogen) atoms. The molecule has 0 aliphatic carbocycles. The quantitative estimate of drug-likeness (QED) is 0.783. The van der Waals surface area contributed by atoms with E-state index in [1.807, 2.05) is 24.3 Å². The third-order valence-corrected chi connectivity index (χ3v) is 2.75.